The van der Waals surface area contributed by atoms with Crippen LogP contribution in [0.2, 0.25) is 0 Å². The number of benzene rings is 2. The van der Waals surface area contributed by atoms with Gasteiger partial charge in [0.1, 0.15) is 0 Å². The van der Waals surface area contributed by atoms with Crippen LogP contribution in [0.3, 0.4) is 0 Å². The van der Waals surface area contributed by atoms with Crippen LogP contribution in [-0.2, 0) is 16.4 Å². The molecule has 0 atom stereocenters. The zero-order valence-corrected chi connectivity index (χ0v) is 18.1. The van der Waals surface area contributed by atoms with Gasteiger partial charge in [0.2, 0.25) is 10.0 Å². The molecule has 4 rings (SSSR count). The molecule has 30 heavy (non-hydrogen) atoms. The average molecular weight is 429 g/mol. The minimum Gasteiger partial charge on any atom is -0.369 e. The van der Waals surface area contributed by atoms with E-state index in [1.54, 1.807) is 27.4 Å². The fourth-order valence-corrected chi connectivity index (χ4v) is 5.52. The van der Waals surface area contributed by atoms with Crippen LogP contribution in [0.15, 0.2) is 53.4 Å². The van der Waals surface area contributed by atoms with E-state index < -0.39 is 10.0 Å². The Hall–Kier alpha value is -2.58. The van der Waals surface area contributed by atoms with Crippen LogP contribution >= 0.6 is 0 Å². The van der Waals surface area contributed by atoms with E-state index in [1.165, 1.54) is 0 Å². The maximum Gasteiger partial charge on any atom is 0.321 e. The van der Waals surface area contributed by atoms with Gasteiger partial charge in [-0.05, 0) is 48.7 Å². The molecule has 2 heterocycles. The molecule has 2 aliphatic heterocycles. The Bertz CT molecular complexity index is 1000. The predicted octanol–water partition coefficient (Wildman–Crippen LogP) is 2.68. The second-order valence-corrected chi connectivity index (χ2v) is 9.59. The standard InChI is InChI=1S/C22H28N4O3S/c1-2-11-23-22(27)26-12-10-18-17-20(8-9-21(18)26)30(28,29)25-15-13-24(14-16-25)19-6-4-3-5-7-19/h3-9,17H,2,10-16H2,1H3,(H,23,27). The Kier molecular flexibility index (Phi) is 5.97. The minimum absolute atomic E-state index is 0.122. The Morgan fingerprint density at radius 1 is 1.00 bits per heavy atom. The Morgan fingerprint density at radius 2 is 1.73 bits per heavy atom. The van der Waals surface area contributed by atoms with Crippen molar-refractivity contribution in [3.63, 3.8) is 0 Å². The van der Waals surface area contributed by atoms with Crippen molar-refractivity contribution >= 4 is 27.4 Å². The summed E-state index contributed by atoms with van der Waals surface area (Å²) in [6, 6.07) is 15.1. The maximum atomic E-state index is 13.2. The topological polar surface area (TPSA) is 73.0 Å². The third kappa shape index (κ3) is 4.02. The van der Waals surface area contributed by atoms with E-state index in [0.29, 0.717) is 50.6 Å². The minimum atomic E-state index is -3.55. The van der Waals surface area contributed by atoms with Gasteiger partial charge in [0.15, 0.2) is 0 Å². The number of nitrogens with zero attached hydrogens (tertiary/aromatic N) is 3. The molecule has 2 aromatic rings. The number of nitrogens with one attached hydrogen (secondary N) is 1. The highest BCUT2D eigenvalue weighted by Gasteiger charge is 2.31. The summed E-state index contributed by atoms with van der Waals surface area (Å²) < 4.78 is 28.0. The van der Waals surface area contributed by atoms with Gasteiger partial charge >= 0.3 is 6.03 Å². The Morgan fingerprint density at radius 3 is 2.43 bits per heavy atom. The van der Waals surface area contributed by atoms with E-state index in [2.05, 4.69) is 10.2 Å². The molecule has 0 spiro atoms. The molecule has 2 amide bonds. The Labute approximate surface area is 178 Å². The summed E-state index contributed by atoms with van der Waals surface area (Å²) in [7, 11) is -3.55. The number of sulfonamides is 1. The zero-order valence-electron chi connectivity index (χ0n) is 17.3. The molecule has 0 aromatic heterocycles. The number of anilines is 2. The summed E-state index contributed by atoms with van der Waals surface area (Å²) in [5, 5.41) is 2.89. The lowest BCUT2D eigenvalue weighted by Gasteiger charge is -2.35. The van der Waals surface area contributed by atoms with Crippen molar-refractivity contribution in [3.8, 4) is 0 Å². The number of carbonyl (C=O) groups excluding carboxylic acids is 1. The highest BCUT2D eigenvalue weighted by molar-refractivity contribution is 7.89. The first kappa shape index (κ1) is 20.7. The number of urea groups is 1. The molecule has 0 saturated carbocycles. The van der Waals surface area contributed by atoms with E-state index in [1.807, 2.05) is 37.3 Å². The van der Waals surface area contributed by atoms with Crippen LogP contribution in [0.5, 0.6) is 0 Å². The molecule has 2 aromatic carbocycles. The number of carbonyl (C=O) groups is 1. The summed E-state index contributed by atoms with van der Waals surface area (Å²) in [4.78, 5) is 16.5. The molecule has 0 radical (unpaired) electrons. The molecule has 1 N–H and O–H groups in total. The highest BCUT2D eigenvalue weighted by atomic mass is 32.2. The van der Waals surface area contributed by atoms with E-state index in [9.17, 15) is 13.2 Å². The SMILES string of the molecule is CCCNC(=O)N1CCc2cc(S(=O)(=O)N3CCN(c4ccccc4)CC3)ccc21. The average Bonchev–Trinajstić information content (AvgIpc) is 3.21. The Balaban J connectivity index is 1.46. The first-order chi connectivity index (χ1) is 14.5. The highest BCUT2D eigenvalue weighted by Crippen LogP contribution is 2.31. The largest absolute Gasteiger partial charge is 0.369 e. The molecular weight excluding hydrogens is 400 g/mol. The first-order valence-electron chi connectivity index (χ1n) is 10.5. The summed E-state index contributed by atoms with van der Waals surface area (Å²) in [6.45, 7) is 5.46. The number of para-hydroxylation sites is 1. The summed E-state index contributed by atoms with van der Waals surface area (Å²) in [5.74, 6) is 0. The molecular formula is C22H28N4O3S. The van der Waals surface area contributed by atoms with Gasteiger partial charge in [-0.1, -0.05) is 25.1 Å². The molecule has 0 unspecified atom stereocenters. The van der Waals surface area contributed by atoms with Gasteiger partial charge in [-0.3, -0.25) is 4.90 Å². The maximum absolute atomic E-state index is 13.2. The van der Waals surface area contributed by atoms with Gasteiger partial charge < -0.3 is 10.2 Å². The van der Waals surface area contributed by atoms with Crippen LogP contribution in [0, 0.1) is 0 Å². The van der Waals surface area contributed by atoms with Crippen molar-refractivity contribution < 1.29 is 13.2 Å². The predicted molar refractivity (Wildman–Crippen MR) is 119 cm³/mol. The van der Waals surface area contributed by atoms with E-state index >= 15 is 0 Å². The van der Waals surface area contributed by atoms with Gasteiger partial charge in [0.25, 0.3) is 0 Å². The number of piperazine rings is 1. The van der Waals surface area contributed by atoms with E-state index in [0.717, 1.165) is 23.4 Å². The lowest BCUT2D eigenvalue weighted by molar-refractivity contribution is 0.247. The molecule has 1 fully saturated rings. The number of hydrogen-bond acceptors (Lipinski definition) is 4. The molecule has 8 heteroatoms. The molecule has 0 bridgehead atoms. The van der Waals surface area contributed by atoms with Crippen molar-refractivity contribution in [2.24, 2.45) is 0 Å². The van der Waals surface area contributed by atoms with Gasteiger partial charge in [0, 0.05) is 50.6 Å². The fraction of sp³-hybridized carbons (Fsp3) is 0.409. The summed E-state index contributed by atoms with van der Waals surface area (Å²) in [6.07, 6.45) is 1.54. The summed E-state index contributed by atoms with van der Waals surface area (Å²) in [5.41, 5.74) is 2.83. The van der Waals surface area contributed by atoms with E-state index in [4.69, 9.17) is 0 Å². The summed E-state index contributed by atoms with van der Waals surface area (Å²) >= 11 is 0. The second kappa shape index (κ2) is 8.65. The first-order valence-corrected chi connectivity index (χ1v) is 11.9. The van der Waals surface area contributed by atoms with Crippen LogP contribution in [0.1, 0.15) is 18.9 Å². The van der Waals surface area contributed by atoms with Crippen LogP contribution in [0.25, 0.3) is 0 Å². The van der Waals surface area contributed by atoms with Gasteiger partial charge in [0.05, 0.1) is 4.90 Å². The monoisotopic (exact) mass is 428 g/mol. The molecule has 1 saturated heterocycles. The fourth-order valence-electron chi connectivity index (χ4n) is 4.05. The van der Waals surface area contributed by atoms with E-state index in [-0.39, 0.29) is 6.03 Å². The number of amides is 2. The van der Waals surface area contributed by atoms with Gasteiger partial charge in [-0.15, -0.1) is 0 Å². The normalized spacial score (nSPS) is 17.1. The van der Waals surface area contributed by atoms with Crippen LogP contribution in [0.4, 0.5) is 16.2 Å². The van der Waals surface area contributed by atoms with Crippen molar-refractivity contribution in [3.05, 3.63) is 54.1 Å². The number of rotatable bonds is 5. The second-order valence-electron chi connectivity index (χ2n) is 7.65. The lowest BCUT2D eigenvalue weighted by Crippen LogP contribution is -2.48. The number of hydrogen-bond donors (Lipinski definition) is 1. The van der Waals surface area contributed by atoms with Crippen LogP contribution < -0.4 is 15.1 Å². The smallest absolute Gasteiger partial charge is 0.321 e. The van der Waals surface area contributed by atoms with Gasteiger partial charge in [-0.25, -0.2) is 13.2 Å². The molecule has 160 valence electrons. The van der Waals surface area contributed by atoms with Crippen LogP contribution in [-0.4, -0.2) is 58.0 Å². The van der Waals surface area contributed by atoms with Crippen molar-refractivity contribution in [2.75, 3.05) is 49.1 Å². The lowest BCUT2D eigenvalue weighted by atomic mass is 10.2. The van der Waals surface area contributed by atoms with Crippen molar-refractivity contribution in [2.45, 2.75) is 24.7 Å². The quantitative estimate of drug-likeness (QED) is 0.795. The third-order valence-electron chi connectivity index (χ3n) is 5.72. The number of fused-ring (bicyclic) bond motifs is 1. The molecule has 7 nitrogen and oxygen atoms in total. The van der Waals surface area contributed by atoms with Crippen molar-refractivity contribution in [1.29, 1.82) is 0 Å². The third-order valence-corrected chi connectivity index (χ3v) is 7.61. The van der Waals surface area contributed by atoms with Crippen molar-refractivity contribution in [1.82, 2.24) is 9.62 Å². The van der Waals surface area contributed by atoms with Gasteiger partial charge in [-0.2, -0.15) is 4.31 Å². The molecule has 0 aliphatic carbocycles. The molecule has 2 aliphatic rings. The zero-order chi connectivity index (χ0) is 21.1.